The number of alkyl halides is 3. The summed E-state index contributed by atoms with van der Waals surface area (Å²) in [6.45, 7) is 2.08. The van der Waals surface area contributed by atoms with Gasteiger partial charge in [-0.15, -0.1) is 0 Å². The van der Waals surface area contributed by atoms with E-state index in [1.165, 1.54) is 5.56 Å². The Morgan fingerprint density at radius 2 is 1.85 bits per heavy atom. The first kappa shape index (κ1) is 24.6. The summed E-state index contributed by atoms with van der Waals surface area (Å²) in [4.78, 5) is 11.2. The average Bonchev–Trinajstić information content (AvgIpc) is 3.20. The van der Waals surface area contributed by atoms with E-state index in [0.29, 0.717) is 11.7 Å². The number of nitrogens with zero attached hydrogens (tertiary/aromatic N) is 5. The molecule has 0 aliphatic carbocycles. The predicted molar refractivity (Wildman–Crippen MR) is 125 cm³/mol. The van der Waals surface area contributed by atoms with Gasteiger partial charge in [-0.05, 0) is 68.5 Å². The van der Waals surface area contributed by atoms with Gasteiger partial charge in [-0.2, -0.15) is 28.2 Å². The largest absolute Gasteiger partial charge is 0.439 e. The highest BCUT2D eigenvalue weighted by molar-refractivity contribution is 8.00. The van der Waals surface area contributed by atoms with Gasteiger partial charge in [-0.1, -0.05) is 23.7 Å². The molecule has 182 valence electrons. The van der Waals surface area contributed by atoms with Crippen LogP contribution >= 0.6 is 23.5 Å². The average molecular weight is 513 g/mol. The SMILES string of the molecule is CN1CCC(c2ccc(Oc3nc(NSc4cnn(C)c4)nc(Cl)c3CC(F)(F)F)cc2)CC1. The van der Waals surface area contributed by atoms with Crippen molar-refractivity contribution in [1.29, 1.82) is 0 Å². The molecular formula is C22H24ClF3N6OS. The molecule has 0 spiro atoms. The number of nitrogens with one attached hydrogen (secondary N) is 1. The van der Waals surface area contributed by atoms with Crippen molar-refractivity contribution in [2.45, 2.75) is 36.3 Å². The topological polar surface area (TPSA) is 68.1 Å². The zero-order valence-electron chi connectivity index (χ0n) is 18.6. The van der Waals surface area contributed by atoms with Crippen LogP contribution in [0.2, 0.25) is 5.15 Å². The number of rotatable bonds is 7. The van der Waals surface area contributed by atoms with Crippen LogP contribution in [0.15, 0.2) is 41.6 Å². The zero-order valence-corrected chi connectivity index (χ0v) is 20.2. The number of hydrogen-bond donors (Lipinski definition) is 1. The molecule has 12 heteroatoms. The van der Waals surface area contributed by atoms with Crippen LogP contribution in [-0.2, 0) is 13.5 Å². The summed E-state index contributed by atoms with van der Waals surface area (Å²) in [7, 11) is 3.88. The molecule has 0 unspecified atom stereocenters. The number of aromatic nitrogens is 4. The van der Waals surface area contributed by atoms with E-state index in [9.17, 15) is 13.2 Å². The van der Waals surface area contributed by atoms with Crippen LogP contribution in [0.5, 0.6) is 11.6 Å². The van der Waals surface area contributed by atoms with E-state index in [1.54, 1.807) is 36.3 Å². The molecule has 2 aromatic heterocycles. The summed E-state index contributed by atoms with van der Waals surface area (Å²) in [5, 5.41) is 3.74. The van der Waals surface area contributed by atoms with Crippen molar-refractivity contribution in [2.75, 3.05) is 24.9 Å². The lowest BCUT2D eigenvalue weighted by Gasteiger charge is -2.29. The highest BCUT2D eigenvalue weighted by Crippen LogP contribution is 2.36. The minimum Gasteiger partial charge on any atom is -0.439 e. The Morgan fingerprint density at radius 1 is 1.15 bits per heavy atom. The van der Waals surface area contributed by atoms with E-state index >= 15 is 0 Å². The highest BCUT2D eigenvalue weighted by Gasteiger charge is 2.32. The Hall–Kier alpha value is -2.50. The first-order valence-corrected chi connectivity index (χ1v) is 11.9. The van der Waals surface area contributed by atoms with Crippen molar-refractivity contribution in [1.82, 2.24) is 24.6 Å². The maximum Gasteiger partial charge on any atom is 0.393 e. The maximum atomic E-state index is 13.2. The van der Waals surface area contributed by atoms with Crippen LogP contribution in [0.3, 0.4) is 0 Å². The monoisotopic (exact) mass is 512 g/mol. The van der Waals surface area contributed by atoms with Crippen molar-refractivity contribution < 1.29 is 17.9 Å². The zero-order chi connectivity index (χ0) is 24.3. The molecular weight excluding hydrogens is 489 g/mol. The fourth-order valence-electron chi connectivity index (χ4n) is 3.73. The minimum absolute atomic E-state index is 0.0303. The second-order valence-corrected chi connectivity index (χ2v) is 9.45. The van der Waals surface area contributed by atoms with Crippen molar-refractivity contribution in [2.24, 2.45) is 7.05 Å². The standard InChI is InChI=1S/C22H24ClF3N6OS/c1-31-9-7-15(8-10-31)14-3-5-16(6-4-14)33-20-18(11-22(24,25)26)19(23)28-21(29-20)30-34-17-12-27-32(2)13-17/h3-6,12-13,15H,7-11H2,1-2H3,(H,28,29,30). The fraction of sp³-hybridized carbons (Fsp3) is 0.409. The Labute approximate surface area is 204 Å². The van der Waals surface area contributed by atoms with Crippen molar-refractivity contribution >= 4 is 29.5 Å². The molecule has 1 aliphatic heterocycles. The molecule has 1 aliphatic rings. The van der Waals surface area contributed by atoms with Gasteiger partial charge < -0.3 is 9.64 Å². The Morgan fingerprint density at radius 3 is 2.47 bits per heavy atom. The van der Waals surface area contributed by atoms with Gasteiger partial charge in [-0.3, -0.25) is 9.40 Å². The van der Waals surface area contributed by atoms with Gasteiger partial charge in [0.1, 0.15) is 10.9 Å². The Balaban J connectivity index is 1.54. The third kappa shape index (κ3) is 6.55. The molecule has 1 saturated heterocycles. The molecule has 3 aromatic rings. The number of halogens is 4. The van der Waals surface area contributed by atoms with Crippen molar-refractivity contribution in [3.63, 3.8) is 0 Å². The van der Waals surface area contributed by atoms with E-state index in [-0.39, 0.29) is 22.5 Å². The number of hydrogen-bond acceptors (Lipinski definition) is 7. The number of aryl methyl sites for hydroxylation is 1. The summed E-state index contributed by atoms with van der Waals surface area (Å²) in [6.07, 6.45) is -0.274. The predicted octanol–water partition coefficient (Wildman–Crippen LogP) is 5.69. The molecule has 0 saturated carbocycles. The molecule has 1 aromatic carbocycles. The number of benzene rings is 1. The molecule has 3 heterocycles. The summed E-state index contributed by atoms with van der Waals surface area (Å²) < 4.78 is 49.9. The van der Waals surface area contributed by atoms with E-state index in [4.69, 9.17) is 16.3 Å². The molecule has 34 heavy (non-hydrogen) atoms. The minimum atomic E-state index is -4.50. The van der Waals surface area contributed by atoms with E-state index in [2.05, 4.69) is 31.7 Å². The van der Waals surface area contributed by atoms with Crippen LogP contribution < -0.4 is 9.46 Å². The quantitative estimate of drug-likeness (QED) is 0.322. The van der Waals surface area contributed by atoms with Gasteiger partial charge in [0, 0.05) is 13.2 Å². The van der Waals surface area contributed by atoms with Crippen LogP contribution in [0, 0.1) is 0 Å². The molecule has 1 N–H and O–H groups in total. The third-order valence-corrected chi connectivity index (χ3v) is 6.57. The van der Waals surface area contributed by atoms with Crippen molar-refractivity contribution in [3.05, 3.63) is 52.9 Å². The smallest absolute Gasteiger partial charge is 0.393 e. The molecule has 7 nitrogen and oxygen atoms in total. The van der Waals surface area contributed by atoms with E-state index in [1.807, 2.05) is 12.1 Å². The Bertz CT molecular complexity index is 1120. The van der Waals surface area contributed by atoms with Crippen LogP contribution in [0.1, 0.15) is 29.9 Å². The summed E-state index contributed by atoms with van der Waals surface area (Å²) >= 11 is 7.29. The van der Waals surface area contributed by atoms with Gasteiger partial charge in [-0.25, -0.2) is 0 Å². The summed E-state index contributed by atoms with van der Waals surface area (Å²) in [5.41, 5.74) is 0.873. The number of ether oxygens (including phenoxy) is 1. The number of anilines is 1. The number of piperidine rings is 1. The van der Waals surface area contributed by atoms with Gasteiger partial charge >= 0.3 is 6.18 Å². The second kappa shape index (κ2) is 10.4. The lowest BCUT2D eigenvalue weighted by atomic mass is 9.90. The molecule has 0 radical (unpaired) electrons. The normalized spacial score (nSPS) is 15.5. The first-order chi connectivity index (χ1) is 16.2. The number of likely N-dealkylation sites (tertiary alicyclic amines) is 1. The van der Waals surface area contributed by atoms with E-state index < -0.39 is 12.6 Å². The van der Waals surface area contributed by atoms with Gasteiger partial charge in [0.2, 0.25) is 11.8 Å². The first-order valence-electron chi connectivity index (χ1n) is 10.7. The molecule has 4 rings (SSSR count). The molecule has 0 amide bonds. The van der Waals surface area contributed by atoms with E-state index in [0.717, 1.165) is 42.8 Å². The third-order valence-electron chi connectivity index (χ3n) is 5.52. The Kier molecular flexibility index (Phi) is 7.54. The van der Waals surface area contributed by atoms with Crippen LogP contribution in [-0.4, -0.2) is 51.0 Å². The summed E-state index contributed by atoms with van der Waals surface area (Å²) in [5.74, 6) is 0.627. The van der Waals surface area contributed by atoms with Gasteiger partial charge in [0.25, 0.3) is 0 Å². The molecule has 0 atom stereocenters. The molecule has 0 bridgehead atoms. The lowest BCUT2D eigenvalue weighted by molar-refractivity contribution is -0.127. The highest BCUT2D eigenvalue weighted by atomic mass is 35.5. The summed E-state index contributed by atoms with van der Waals surface area (Å²) in [6, 6.07) is 7.40. The fourth-order valence-corrected chi connectivity index (χ4v) is 4.57. The van der Waals surface area contributed by atoms with Crippen LogP contribution in [0.25, 0.3) is 0 Å². The maximum absolute atomic E-state index is 13.2. The van der Waals surface area contributed by atoms with Crippen LogP contribution in [0.4, 0.5) is 19.1 Å². The second-order valence-electron chi connectivity index (χ2n) is 8.22. The van der Waals surface area contributed by atoms with Gasteiger partial charge in [0.15, 0.2) is 0 Å². The van der Waals surface area contributed by atoms with Crippen molar-refractivity contribution in [3.8, 4) is 11.6 Å². The molecule has 1 fully saturated rings. The van der Waals surface area contributed by atoms with Gasteiger partial charge in [0.05, 0.1) is 23.1 Å². The lowest BCUT2D eigenvalue weighted by Crippen LogP contribution is -2.29.